The van der Waals surface area contributed by atoms with Crippen molar-refractivity contribution in [2.75, 3.05) is 13.6 Å². The van der Waals surface area contributed by atoms with Crippen LogP contribution in [0.25, 0.3) is 0 Å². The van der Waals surface area contributed by atoms with E-state index in [2.05, 4.69) is 5.32 Å². The molecule has 0 radical (unpaired) electrons. The second-order valence-electron chi connectivity index (χ2n) is 4.69. The van der Waals surface area contributed by atoms with E-state index in [9.17, 15) is 9.59 Å². The molecule has 0 saturated carbocycles. The third kappa shape index (κ3) is 2.05. The highest BCUT2D eigenvalue weighted by Gasteiger charge is 2.38. The zero-order chi connectivity index (χ0) is 10.9. The van der Waals surface area contributed by atoms with Crippen LogP contribution in [0, 0.1) is 5.92 Å². The summed E-state index contributed by atoms with van der Waals surface area (Å²) in [6, 6.07) is 0. The van der Waals surface area contributed by atoms with Crippen LogP contribution in [0.2, 0.25) is 0 Å². The molecule has 0 bridgehead atoms. The Morgan fingerprint density at radius 1 is 1.50 bits per heavy atom. The predicted molar refractivity (Wildman–Crippen MR) is 53.6 cm³/mol. The summed E-state index contributed by atoms with van der Waals surface area (Å²) in [5, 5.41) is 2.58. The quantitative estimate of drug-likeness (QED) is 0.662. The van der Waals surface area contributed by atoms with E-state index in [0.29, 0.717) is 13.0 Å². The summed E-state index contributed by atoms with van der Waals surface area (Å²) in [5.74, 6) is -0.136. The van der Waals surface area contributed by atoms with E-state index in [4.69, 9.17) is 0 Å². The molecule has 1 rings (SSSR count). The molecule has 1 atom stereocenters. The van der Waals surface area contributed by atoms with Crippen LogP contribution in [0.4, 0.5) is 0 Å². The van der Waals surface area contributed by atoms with Gasteiger partial charge in [0.05, 0.1) is 5.92 Å². The summed E-state index contributed by atoms with van der Waals surface area (Å²) in [7, 11) is 1.60. The summed E-state index contributed by atoms with van der Waals surface area (Å²) < 4.78 is 0. The van der Waals surface area contributed by atoms with E-state index in [1.807, 2.05) is 20.8 Å². The van der Waals surface area contributed by atoms with Crippen LogP contribution in [-0.4, -0.2) is 35.8 Å². The standard InChI is InChI=1S/C10H18N2O2/c1-10(2,3)12-6-7(5-8(12)13)9(14)11-4/h7H,5-6H2,1-4H3,(H,11,14). The molecule has 1 aliphatic heterocycles. The molecule has 1 saturated heterocycles. The van der Waals surface area contributed by atoms with Gasteiger partial charge in [-0.1, -0.05) is 0 Å². The van der Waals surface area contributed by atoms with Gasteiger partial charge >= 0.3 is 0 Å². The van der Waals surface area contributed by atoms with Gasteiger partial charge in [0.25, 0.3) is 0 Å². The van der Waals surface area contributed by atoms with Crippen molar-refractivity contribution in [2.24, 2.45) is 5.92 Å². The van der Waals surface area contributed by atoms with Gasteiger partial charge in [-0.3, -0.25) is 9.59 Å². The minimum atomic E-state index is -0.181. The molecule has 1 N–H and O–H groups in total. The van der Waals surface area contributed by atoms with Gasteiger partial charge in [0.2, 0.25) is 11.8 Å². The molecule has 2 amide bonds. The first-order chi connectivity index (χ1) is 6.36. The van der Waals surface area contributed by atoms with Crippen molar-refractivity contribution in [2.45, 2.75) is 32.7 Å². The number of carbonyl (C=O) groups excluding carboxylic acids is 2. The van der Waals surface area contributed by atoms with Crippen LogP contribution >= 0.6 is 0 Å². The maximum Gasteiger partial charge on any atom is 0.225 e. The average Bonchev–Trinajstić information content (AvgIpc) is 2.45. The number of nitrogens with zero attached hydrogens (tertiary/aromatic N) is 1. The highest BCUT2D eigenvalue weighted by molar-refractivity contribution is 5.89. The van der Waals surface area contributed by atoms with E-state index in [1.165, 1.54) is 0 Å². The number of carbonyl (C=O) groups is 2. The predicted octanol–water partition coefficient (Wildman–Crippen LogP) is 0.379. The van der Waals surface area contributed by atoms with E-state index in [1.54, 1.807) is 11.9 Å². The van der Waals surface area contributed by atoms with Gasteiger partial charge in [-0.2, -0.15) is 0 Å². The molecule has 14 heavy (non-hydrogen) atoms. The SMILES string of the molecule is CNC(=O)C1CC(=O)N(C(C)(C)C)C1. The third-order valence-electron chi connectivity index (χ3n) is 2.55. The Morgan fingerprint density at radius 3 is 2.43 bits per heavy atom. The fourth-order valence-electron chi connectivity index (χ4n) is 1.74. The monoisotopic (exact) mass is 198 g/mol. The zero-order valence-corrected chi connectivity index (χ0v) is 9.26. The molecule has 0 aromatic carbocycles. The van der Waals surface area contributed by atoms with Crippen molar-refractivity contribution < 1.29 is 9.59 Å². The molecule has 1 fully saturated rings. The van der Waals surface area contributed by atoms with Gasteiger partial charge in [-0.25, -0.2) is 0 Å². The normalized spacial score (nSPS) is 22.7. The van der Waals surface area contributed by atoms with Crippen molar-refractivity contribution in [1.82, 2.24) is 10.2 Å². The molecule has 1 unspecified atom stereocenters. The maximum atomic E-state index is 11.6. The summed E-state index contributed by atoms with van der Waals surface area (Å²) in [6.45, 7) is 6.49. The average molecular weight is 198 g/mol. The number of amides is 2. The largest absolute Gasteiger partial charge is 0.359 e. The van der Waals surface area contributed by atoms with Crippen molar-refractivity contribution in [3.8, 4) is 0 Å². The molecular formula is C10H18N2O2. The molecule has 4 nitrogen and oxygen atoms in total. The van der Waals surface area contributed by atoms with E-state index >= 15 is 0 Å². The molecule has 1 aliphatic rings. The maximum absolute atomic E-state index is 11.6. The Kier molecular flexibility index (Phi) is 2.83. The first-order valence-corrected chi connectivity index (χ1v) is 4.88. The topological polar surface area (TPSA) is 49.4 Å². The Bertz CT molecular complexity index is 255. The zero-order valence-electron chi connectivity index (χ0n) is 9.26. The number of hydrogen-bond acceptors (Lipinski definition) is 2. The molecule has 80 valence electrons. The number of hydrogen-bond donors (Lipinski definition) is 1. The van der Waals surface area contributed by atoms with Gasteiger partial charge in [0.1, 0.15) is 0 Å². The number of nitrogens with one attached hydrogen (secondary N) is 1. The molecule has 4 heteroatoms. The van der Waals surface area contributed by atoms with Crippen LogP contribution in [0.3, 0.4) is 0 Å². The molecule has 0 aromatic heterocycles. The summed E-state index contributed by atoms with van der Waals surface area (Å²) in [4.78, 5) is 24.7. The minimum absolute atomic E-state index is 0.0369. The van der Waals surface area contributed by atoms with Crippen LogP contribution < -0.4 is 5.32 Å². The Morgan fingerprint density at radius 2 is 2.07 bits per heavy atom. The lowest BCUT2D eigenvalue weighted by Crippen LogP contribution is -2.43. The smallest absolute Gasteiger partial charge is 0.225 e. The lowest BCUT2D eigenvalue weighted by molar-refractivity contribution is -0.132. The summed E-state index contributed by atoms with van der Waals surface area (Å²) in [6.07, 6.45) is 0.344. The molecule has 0 spiro atoms. The second-order valence-corrected chi connectivity index (χ2v) is 4.69. The molecular weight excluding hydrogens is 180 g/mol. The van der Waals surface area contributed by atoms with Gasteiger partial charge < -0.3 is 10.2 Å². The Hall–Kier alpha value is -1.06. The highest BCUT2D eigenvalue weighted by atomic mass is 16.2. The third-order valence-corrected chi connectivity index (χ3v) is 2.55. The van der Waals surface area contributed by atoms with Crippen molar-refractivity contribution >= 4 is 11.8 Å². The van der Waals surface area contributed by atoms with E-state index in [-0.39, 0.29) is 23.3 Å². The van der Waals surface area contributed by atoms with Gasteiger partial charge in [-0.05, 0) is 20.8 Å². The fraction of sp³-hybridized carbons (Fsp3) is 0.800. The van der Waals surface area contributed by atoms with Crippen LogP contribution in [0.15, 0.2) is 0 Å². The van der Waals surface area contributed by atoms with Crippen LogP contribution in [-0.2, 0) is 9.59 Å². The first kappa shape index (κ1) is 11.0. The van der Waals surface area contributed by atoms with Gasteiger partial charge in [-0.15, -0.1) is 0 Å². The Labute approximate surface area is 84.7 Å². The lowest BCUT2D eigenvalue weighted by Gasteiger charge is -2.31. The van der Waals surface area contributed by atoms with Crippen LogP contribution in [0.1, 0.15) is 27.2 Å². The number of likely N-dealkylation sites (tertiary alicyclic amines) is 1. The molecule has 1 heterocycles. The molecule has 0 aliphatic carbocycles. The fourth-order valence-corrected chi connectivity index (χ4v) is 1.74. The lowest BCUT2D eigenvalue weighted by atomic mass is 10.1. The minimum Gasteiger partial charge on any atom is -0.359 e. The van der Waals surface area contributed by atoms with Crippen molar-refractivity contribution in [3.05, 3.63) is 0 Å². The summed E-state index contributed by atoms with van der Waals surface area (Å²) in [5.41, 5.74) is -0.181. The first-order valence-electron chi connectivity index (χ1n) is 4.88. The second kappa shape index (κ2) is 3.59. The van der Waals surface area contributed by atoms with Gasteiger partial charge in [0.15, 0.2) is 0 Å². The van der Waals surface area contributed by atoms with Crippen molar-refractivity contribution in [3.63, 3.8) is 0 Å². The van der Waals surface area contributed by atoms with Crippen molar-refractivity contribution in [1.29, 1.82) is 0 Å². The number of rotatable bonds is 1. The van der Waals surface area contributed by atoms with E-state index in [0.717, 1.165) is 0 Å². The summed E-state index contributed by atoms with van der Waals surface area (Å²) >= 11 is 0. The van der Waals surface area contributed by atoms with E-state index < -0.39 is 0 Å². The van der Waals surface area contributed by atoms with Crippen LogP contribution in [0.5, 0.6) is 0 Å². The highest BCUT2D eigenvalue weighted by Crippen LogP contribution is 2.25. The molecule has 0 aromatic rings. The Balaban J connectivity index is 2.70. The van der Waals surface area contributed by atoms with Gasteiger partial charge in [0, 0.05) is 25.6 Å².